The molecular formula is C12H22F3NO2. The predicted octanol–water partition coefficient (Wildman–Crippen LogP) is 3.29. The van der Waals surface area contributed by atoms with Gasteiger partial charge in [-0.3, -0.25) is 9.69 Å². The van der Waals surface area contributed by atoms with E-state index in [1.165, 1.54) is 0 Å². The molecule has 0 aliphatic rings. The van der Waals surface area contributed by atoms with Gasteiger partial charge in [-0.05, 0) is 33.2 Å². The Morgan fingerprint density at radius 1 is 1.28 bits per heavy atom. The summed E-state index contributed by atoms with van der Waals surface area (Å²) < 4.78 is 36.1. The number of carbonyl (C=O) groups is 1. The van der Waals surface area contributed by atoms with Gasteiger partial charge >= 0.3 is 12.1 Å². The summed E-state index contributed by atoms with van der Waals surface area (Å²) in [6.45, 7) is 6.16. The molecule has 0 aliphatic heterocycles. The standard InChI is InChI=1S/C12H22F3NO2/c1-4-16(10(3)8-11(17)18)9(2)6-5-7-12(13,14)15/h9-10H,4-8H2,1-3H3,(H,17,18). The van der Waals surface area contributed by atoms with E-state index in [4.69, 9.17) is 5.11 Å². The molecule has 0 amide bonds. The zero-order valence-corrected chi connectivity index (χ0v) is 11.1. The second-order valence-electron chi connectivity index (χ2n) is 4.63. The predicted molar refractivity (Wildman–Crippen MR) is 63.5 cm³/mol. The maximum atomic E-state index is 12.0. The van der Waals surface area contributed by atoms with Crippen molar-refractivity contribution in [1.82, 2.24) is 4.90 Å². The fourth-order valence-corrected chi connectivity index (χ4v) is 2.19. The Hall–Kier alpha value is -0.780. The van der Waals surface area contributed by atoms with Crippen molar-refractivity contribution in [3.8, 4) is 0 Å². The molecule has 3 nitrogen and oxygen atoms in total. The lowest BCUT2D eigenvalue weighted by Crippen LogP contribution is -2.41. The van der Waals surface area contributed by atoms with Gasteiger partial charge in [-0.1, -0.05) is 6.92 Å². The zero-order valence-electron chi connectivity index (χ0n) is 11.1. The Balaban J connectivity index is 4.18. The van der Waals surface area contributed by atoms with E-state index in [0.717, 1.165) is 0 Å². The summed E-state index contributed by atoms with van der Waals surface area (Å²) in [5.41, 5.74) is 0. The third-order valence-corrected chi connectivity index (χ3v) is 3.05. The summed E-state index contributed by atoms with van der Waals surface area (Å²) in [4.78, 5) is 12.6. The Kier molecular flexibility index (Phi) is 7.28. The molecule has 0 radical (unpaired) electrons. The molecule has 2 unspecified atom stereocenters. The highest BCUT2D eigenvalue weighted by Crippen LogP contribution is 2.24. The maximum absolute atomic E-state index is 12.0. The van der Waals surface area contributed by atoms with Gasteiger partial charge in [0.15, 0.2) is 0 Å². The SMILES string of the molecule is CCN(C(C)CCCC(F)(F)F)C(C)CC(=O)O. The minimum absolute atomic E-state index is 0.0114. The molecule has 0 saturated heterocycles. The molecule has 0 aromatic heterocycles. The number of carboxylic acids is 1. The normalized spacial score (nSPS) is 15.7. The molecule has 0 spiro atoms. The number of hydrogen-bond acceptors (Lipinski definition) is 2. The molecule has 0 rings (SSSR count). The van der Waals surface area contributed by atoms with Gasteiger partial charge in [0.25, 0.3) is 0 Å². The molecule has 2 atom stereocenters. The molecule has 0 aliphatic carbocycles. The summed E-state index contributed by atoms with van der Waals surface area (Å²) in [5, 5.41) is 8.72. The van der Waals surface area contributed by atoms with Crippen LogP contribution in [0.15, 0.2) is 0 Å². The van der Waals surface area contributed by atoms with Gasteiger partial charge < -0.3 is 5.11 Å². The maximum Gasteiger partial charge on any atom is 0.389 e. The fourth-order valence-electron chi connectivity index (χ4n) is 2.19. The highest BCUT2D eigenvalue weighted by atomic mass is 19.4. The van der Waals surface area contributed by atoms with Crippen LogP contribution in [0.4, 0.5) is 13.2 Å². The van der Waals surface area contributed by atoms with Crippen molar-refractivity contribution in [3.05, 3.63) is 0 Å². The quantitative estimate of drug-likeness (QED) is 0.735. The summed E-state index contributed by atoms with van der Waals surface area (Å²) in [6, 6.07) is -0.194. The smallest absolute Gasteiger partial charge is 0.389 e. The highest BCUT2D eigenvalue weighted by molar-refractivity contribution is 5.67. The second kappa shape index (κ2) is 7.61. The van der Waals surface area contributed by atoms with Crippen molar-refractivity contribution in [3.63, 3.8) is 0 Å². The van der Waals surface area contributed by atoms with Crippen LogP contribution in [0.3, 0.4) is 0 Å². The molecular weight excluding hydrogens is 247 g/mol. The molecule has 6 heteroatoms. The molecule has 18 heavy (non-hydrogen) atoms. The van der Waals surface area contributed by atoms with E-state index >= 15 is 0 Å². The Morgan fingerprint density at radius 2 is 1.83 bits per heavy atom. The Bertz CT molecular complexity index is 256. The van der Waals surface area contributed by atoms with Crippen molar-refractivity contribution < 1.29 is 23.1 Å². The molecule has 0 aromatic carbocycles. The van der Waals surface area contributed by atoms with E-state index in [9.17, 15) is 18.0 Å². The lowest BCUT2D eigenvalue weighted by atomic mass is 10.1. The zero-order chi connectivity index (χ0) is 14.3. The minimum Gasteiger partial charge on any atom is -0.481 e. The van der Waals surface area contributed by atoms with E-state index in [-0.39, 0.29) is 24.9 Å². The Labute approximate surface area is 106 Å². The number of rotatable bonds is 8. The highest BCUT2D eigenvalue weighted by Gasteiger charge is 2.27. The molecule has 0 heterocycles. The van der Waals surface area contributed by atoms with Gasteiger partial charge in [0.2, 0.25) is 0 Å². The van der Waals surface area contributed by atoms with Crippen LogP contribution in [-0.4, -0.2) is 40.8 Å². The first-order chi connectivity index (χ1) is 8.17. The van der Waals surface area contributed by atoms with Crippen molar-refractivity contribution in [2.45, 2.75) is 64.7 Å². The van der Waals surface area contributed by atoms with Crippen LogP contribution < -0.4 is 0 Å². The van der Waals surface area contributed by atoms with E-state index in [2.05, 4.69) is 0 Å². The number of halogens is 3. The average Bonchev–Trinajstić information content (AvgIpc) is 2.15. The first kappa shape index (κ1) is 17.2. The van der Waals surface area contributed by atoms with E-state index < -0.39 is 18.6 Å². The summed E-state index contributed by atoms with van der Waals surface area (Å²) in [7, 11) is 0. The van der Waals surface area contributed by atoms with Crippen molar-refractivity contribution in [2.75, 3.05) is 6.54 Å². The largest absolute Gasteiger partial charge is 0.481 e. The molecule has 1 N–H and O–H groups in total. The van der Waals surface area contributed by atoms with Crippen LogP contribution >= 0.6 is 0 Å². The van der Waals surface area contributed by atoms with E-state index in [1.807, 2.05) is 18.7 Å². The van der Waals surface area contributed by atoms with Gasteiger partial charge in [0, 0.05) is 18.5 Å². The number of aliphatic carboxylic acids is 1. The second-order valence-corrected chi connectivity index (χ2v) is 4.63. The van der Waals surface area contributed by atoms with Crippen LogP contribution in [0.5, 0.6) is 0 Å². The molecule has 0 fully saturated rings. The van der Waals surface area contributed by atoms with Crippen LogP contribution in [-0.2, 0) is 4.79 Å². The summed E-state index contributed by atoms with van der Waals surface area (Å²) in [6.07, 6.45) is -4.36. The lowest BCUT2D eigenvalue weighted by molar-refractivity contribution is -0.138. The third-order valence-electron chi connectivity index (χ3n) is 3.05. The van der Waals surface area contributed by atoms with Crippen molar-refractivity contribution in [1.29, 1.82) is 0 Å². The monoisotopic (exact) mass is 269 g/mol. The molecule has 0 bridgehead atoms. The van der Waals surface area contributed by atoms with Gasteiger partial charge in [-0.2, -0.15) is 13.2 Å². The average molecular weight is 269 g/mol. The third kappa shape index (κ3) is 7.53. The first-order valence-electron chi connectivity index (χ1n) is 6.21. The van der Waals surface area contributed by atoms with E-state index in [0.29, 0.717) is 13.0 Å². The van der Waals surface area contributed by atoms with Crippen LogP contribution in [0.1, 0.15) is 46.5 Å². The Morgan fingerprint density at radius 3 is 2.22 bits per heavy atom. The minimum atomic E-state index is -4.11. The van der Waals surface area contributed by atoms with Crippen molar-refractivity contribution >= 4 is 5.97 Å². The first-order valence-corrected chi connectivity index (χ1v) is 6.21. The van der Waals surface area contributed by atoms with E-state index in [1.54, 1.807) is 6.92 Å². The number of nitrogens with zero attached hydrogens (tertiary/aromatic N) is 1. The van der Waals surface area contributed by atoms with Gasteiger partial charge in [0.05, 0.1) is 6.42 Å². The number of hydrogen-bond donors (Lipinski definition) is 1. The number of carboxylic acid groups (broad SMARTS) is 1. The summed E-state index contributed by atoms with van der Waals surface area (Å²) >= 11 is 0. The topological polar surface area (TPSA) is 40.5 Å². The van der Waals surface area contributed by atoms with Gasteiger partial charge in [-0.15, -0.1) is 0 Å². The lowest BCUT2D eigenvalue weighted by Gasteiger charge is -2.33. The van der Waals surface area contributed by atoms with Crippen LogP contribution in [0.25, 0.3) is 0 Å². The fraction of sp³-hybridized carbons (Fsp3) is 0.917. The number of alkyl halides is 3. The van der Waals surface area contributed by atoms with Crippen LogP contribution in [0, 0.1) is 0 Å². The van der Waals surface area contributed by atoms with Crippen molar-refractivity contribution in [2.24, 2.45) is 0 Å². The van der Waals surface area contributed by atoms with Gasteiger partial charge in [0.1, 0.15) is 0 Å². The summed E-state index contributed by atoms with van der Waals surface area (Å²) in [5.74, 6) is -0.886. The molecule has 0 saturated carbocycles. The van der Waals surface area contributed by atoms with Crippen LogP contribution in [0.2, 0.25) is 0 Å². The molecule has 0 aromatic rings. The van der Waals surface area contributed by atoms with Gasteiger partial charge in [-0.25, -0.2) is 0 Å². The molecule has 108 valence electrons.